The molecule has 2 aromatic heterocycles. The van der Waals surface area contributed by atoms with Gasteiger partial charge in [-0.2, -0.15) is 5.10 Å². The molecule has 12 nitrogen and oxygen atoms in total. The maximum Gasteiger partial charge on any atom is 0.237 e. The molecule has 2 fully saturated rings. The number of nitrogens with one attached hydrogen (secondary N) is 2. The van der Waals surface area contributed by atoms with Gasteiger partial charge in [-0.1, -0.05) is 104 Å². The number of benzene rings is 2. The Balaban J connectivity index is 0.000000371. The van der Waals surface area contributed by atoms with Gasteiger partial charge in [0.05, 0.1) is 41.0 Å². The quantitative estimate of drug-likeness (QED) is 0.140. The van der Waals surface area contributed by atoms with Crippen LogP contribution in [0.1, 0.15) is 131 Å². The van der Waals surface area contributed by atoms with E-state index in [0.717, 1.165) is 77.7 Å². The molecule has 2 aromatic carbocycles. The van der Waals surface area contributed by atoms with Crippen molar-refractivity contribution in [3.05, 3.63) is 89.5 Å². The van der Waals surface area contributed by atoms with Crippen molar-refractivity contribution in [3.63, 3.8) is 0 Å². The highest BCUT2D eigenvalue weighted by molar-refractivity contribution is 6.05. The Kier molecular flexibility index (Phi) is 26.0. The number of ketones is 2. The fourth-order valence-corrected chi connectivity index (χ4v) is 7.03. The molecule has 12 heteroatoms. The molecule has 0 atom stereocenters. The van der Waals surface area contributed by atoms with Crippen LogP contribution in [-0.2, 0) is 27.9 Å². The number of aliphatic imine (C=N–C) groups is 1. The Hall–Kier alpha value is -5.78. The first kappa shape index (κ1) is 56.3. The number of piperidine rings is 1. The summed E-state index contributed by atoms with van der Waals surface area (Å²) in [6, 6.07) is 14.3. The molecular formula is C54H82N8O4. The summed E-state index contributed by atoms with van der Waals surface area (Å²) in [4.78, 5) is 44.3. The van der Waals surface area contributed by atoms with Crippen molar-refractivity contribution < 1.29 is 19.1 Å². The number of allylic oxidation sites excluding steroid dienone is 1. The number of para-hydroxylation sites is 1. The van der Waals surface area contributed by atoms with Gasteiger partial charge in [0.1, 0.15) is 36.0 Å². The van der Waals surface area contributed by atoms with Crippen LogP contribution in [-0.4, -0.2) is 77.7 Å². The van der Waals surface area contributed by atoms with E-state index < -0.39 is 0 Å². The largest absolute Gasteiger partial charge is 0.474 e. The Labute approximate surface area is 397 Å². The van der Waals surface area contributed by atoms with Gasteiger partial charge >= 0.3 is 0 Å². The molecule has 0 radical (unpaired) electrons. The number of pyridine rings is 1. The Morgan fingerprint density at radius 3 is 2.11 bits per heavy atom. The summed E-state index contributed by atoms with van der Waals surface area (Å²) in [5.74, 6) is 2.40. The number of aromatic nitrogens is 3. The van der Waals surface area contributed by atoms with Gasteiger partial charge in [-0.15, -0.1) is 0 Å². The van der Waals surface area contributed by atoms with Crippen molar-refractivity contribution >= 4 is 57.2 Å². The minimum Gasteiger partial charge on any atom is -0.474 e. The average Bonchev–Trinajstić information content (AvgIpc) is 3.59. The third-order valence-electron chi connectivity index (χ3n) is 10.8. The summed E-state index contributed by atoms with van der Waals surface area (Å²) in [7, 11) is 2.03. The third kappa shape index (κ3) is 18.6. The molecule has 3 aliphatic rings. The van der Waals surface area contributed by atoms with Crippen LogP contribution in [0.4, 0.5) is 22.7 Å². The predicted molar refractivity (Wildman–Crippen MR) is 280 cm³/mol. The van der Waals surface area contributed by atoms with Gasteiger partial charge in [0, 0.05) is 62.7 Å². The molecular weight excluding hydrogens is 825 g/mol. The zero-order valence-electron chi connectivity index (χ0n) is 42.8. The van der Waals surface area contributed by atoms with Crippen molar-refractivity contribution in [2.75, 3.05) is 59.8 Å². The zero-order chi connectivity index (χ0) is 49.2. The second kappa shape index (κ2) is 30.4. The lowest BCUT2D eigenvalue weighted by Crippen LogP contribution is -2.45. The molecule has 0 unspecified atom stereocenters. The molecule has 5 heterocycles. The molecule has 2 saturated heterocycles. The minimum atomic E-state index is 0.153. The number of nitrogens with zero attached hydrogens (tertiary/aromatic N) is 6. The van der Waals surface area contributed by atoms with Crippen molar-refractivity contribution in [3.8, 4) is 5.88 Å². The van der Waals surface area contributed by atoms with E-state index in [-0.39, 0.29) is 11.6 Å². The van der Waals surface area contributed by atoms with Crippen molar-refractivity contribution in [2.45, 2.75) is 134 Å². The van der Waals surface area contributed by atoms with Crippen LogP contribution in [0.2, 0.25) is 0 Å². The van der Waals surface area contributed by atoms with E-state index in [2.05, 4.69) is 117 Å². The van der Waals surface area contributed by atoms with E-state index in [1.807, 2.05) is 49.1 Å². The lowest BCUT2D eigenvalue weighted by molar-refractivity contribution is -0.116. The first-order valence-electron chi connectivity index (χ1n) is 24.1. The molecule has 0 aliphatic carbocycles. The summed E-state index contributed by atoms with van der Waals surface area (Å²) in [6.45, 7) is 33.4. The second-order valence-corrected chi connectivity index (χ2v) is 17.2. The van der Waals surface area contributed by atoms with Crippen LogP contribution in [0.25, 0.3) is 10.9 Å². The number of hydrogen-bond acceptors (Lipinski definition) is 11. The second-order valence-electron chi connectivity index (χ2n) is 17.2. The average molecular weight is 907 g/mol. The molecule has 0 bridgehead atoms. The number of ether oxygens (including phenoxy) is 1. The minimum absolute atomic E-state index is 0.153. The molecule has 362 valence electrons. The summed E-state index contributed by atoms with van der Waals surface area (Å²) in [6.07, 6.45) is 13.3. The van der Waals surface area contributed by atoms with Crippen LogP contribution in [0.15, 0.2) is 77.7 Å². The monoisotopic (exact) mass is 907 g/mol. The first-order valence-corrected chi connectivity index (χ1v) is 24.1. The van der Waals surface area contributed by atoms with Crippen molar-refractivity contribution in [2.24, 2.45) is 18.0 Å². The number of aldehydes is 1. The topological polar surface area (TPSA) is 134 Å². The molecule has 0 saturated carbocycles. The number of carbonyl (C=O) groups is 3. The van der Waals surface area contributed by atoms with Crippen LogP contribution < -0.4 is 25.2 Å². The maximum atomic E-state index is 11.3. The third-order valence-corrected chi connectivity index (χ3v) is 10.8. The number of unbranched alkanes of at least 4 members (excludes halogenated alkanes) is 3. The molecule has 0 amide bonds. The summed E-state index contributed by atoms with van der Waals surface area (Å²) in [5.41, 5.74) is 11.1. The molecule has 4 aromatic rings. The van der Waals surface area contributed by atoms with E-state index in [1.165, 1.54) is 74.8 Å². The number of hydrogen-bond donors (Lipinski definition) is 2. The number of Topliss-reactive ketones (excluding diaryl/α,β-unsaturated/α-hetero) is 2. The number of rotatable bonds is 11. The molecule has 7 rings (SSSR count). The van der Waals surface area contributed by atoms with Gasteiger partial charge < -0.3 is 34.8 Å². The smallest absolute Gasteiger partial charge is 0.237 e. The predicted octanol–water partition coefficient (Wildman–Crippen LogP) is 12.0. The maximum absolute atomic E-state index is 11.3. The SMILES string of the molecule is C=C(/N=C1/CN(c2cnc3c(c2C)NCCO3)CC/C1=C/C)Nc1ccc(CC(C)=O)cc1.CC(C)=O.CCCC.CCCC.CCCC=O.Cc1nn(C)c2c(N3CC(C)C3)cccc12. The fraction of sp³-hybridized carbons (Fsp3) is 0.519. The molecule has 0 spiro atoms. The lowest BCUT2D eigenvalue weighted by Gasteiger charge is -2.39. The van der Waals surface area contributed by atoms with Crippen molar-refractivity contribution in [1.82, 2.24) is 14.8 Å². The van der Waals surface area contributed by atoms with E-state index >= 15 is 0 Å². The Morgan fingerprint density at radius 2 is 1.58 bits per heavy atom. The highest BCUT2D eigenvalue weighted by Crippen LogP contribution is 2.36. The van der Waals surface area contributed by atoms with Gasteiger partial charge in [-0.3, -0.25) is 9.48 Å². The van der Waals surface area contributed by atoms with Crippen molar-refractivity contribution in [1.29, 1.82) is 0 Å². The fourth-order valence-electron chi connectivity index (χ4n) is 7.03. The summed E-state index contributed by atoms with van der Waals surface area (Å²) < 4.78 is 7.68. The molecule has 66 heavy (non-hydrogen) atoms. The highest BCUT2D eigenvalue weighted by Gasteiger charge is 2.26. The highest BCUT2D eigenvalue weighted by atomic mass is 16.5. The van der Waals surface area contributed by atoms with Gasteiger partial charge in [-0.25, -0.2) is 9.98 Å². The van der Waals surface area contributed by atoms with Gasteiger partial charge in [-0.05, 0) is 89.6 Å². The number of fused-ring (bicyclic) bond motifs is 2. The van der Waals surface area contributed by atoms with E-state index in [4.69, 9.17) is 9.73 Å². The van der Waals surface area contributed by atoms with Crippen LogP contribution in [0.3, 0.4) is 0 Å². The molecule has 3 aliphatic heterocycles. The van der Waals surface area contributed by atoms with Gasteiger partial charge in [0.15, 0.2) is 0 Å². The lowest BCUT2D eigenvalue weighted by atomic mass is 10.00. The summed E-state index contributed by atoms with van der Waals surface area (Å²) >= 11 is 0. The zero-order valence-corrected chi connectivity index (χ0v) is 42.8. The number of anilines is 4. The van der Waals surface area contributed by atoms with E-state index in [1.54, 1.807) is 6.92 Å². The number of carbonyl (C=O) groups excluding carboxylic acids is 3. The first-order chi connectivity index (χ1) is 31.6. The van der Waals surface area contributed by atoms with E-state index in [0.29, 0.717) is 37.7 Å². The van der Waals surface area contributed by atoms with Crippen LogP contribution >= 0.6 is 0 Å². The number of aryl methyl sites for hydroxylation is 2. The normalized spacial score (nSPS) is 14.9. The standard InChI is InChI=1S/C26H31N5O2.C13H17N3.C4H8O.2C4H10.C3H6O/c1-5-21-10-12-31(24-15-28-26-25(18(24)3)27-11-13-33-26)16-23(21)30-19(4)29-22-8-6-20(7-9-22)14-17(2)32;1-9-7-16(8-9)12-6-4-5-11-10(2)14-15(3)13(11)12;1-2-3-4-5;2*1-3-4-2;1-3(2)4/h5-9,15,27,29H,4,10-14,16H2,1-3H3;4-6,9H,7-8H2,1-3H3;4H,2-3H2,1H3;2*3-4H2,1-2H3;1-2H3/b21-5-,30-23-;;;;;. The van der Waals surface area contributed by atoms with Crippen LogP contribution in [0.5, 0.6) is 5.88 Å². The van der Waals surface area contributed by atoms with Gasteiger partial charge in [0.25, 0.3) is 0 Å². The molecule has 2 N–H and O–H groups in total. The Morgan fingerprint density at radius 1 is 0.939 bits per heavy atom. The van der Waals surface area contributed by atoms with E-state index in [9.17, 15) is 14.4 Å². The summed E-state index contributed by atoms with van der Waals surface area (Å²) in [5, 5.41) is 12.5. The van der Waals surface area contributed by atoms with Crippen LogP contribution in [0, 0.1) is 19.8 Å². The Bertz CT molecular complexity index is 2170. The van der Waals surface area contributed by atoms with Gasteiger partial charge in [0.2, 0.25) is 5.88 Å².